The normalized spacial score (nSPS) is 20.0. The van der Waals surface area contributed by atoms with E-state index < -0.39 is 0 Å². The second-order valence-electron chi connectivity index (χ2n) is 4.06. The van der Waals surface area contributed by atoms with Gasteiger partial charge in [0.15, 0.2) is 0 Å². The predicted octanol–water partition coefficient (Wildman–Crippen LogP) is 2.22. The molecule has 0 aromatic carbocycles. The Morgan fingerprint density at radius 1 is 1.62 bits per heavy atom. The molecule has 5 heteroatoms. The number of aryl methyl sites for hydroxylation is 1. The molecule has 1 aliphatic rings. The van der Waals surface area contributed by atoms with Gasteiger partial charge in [0.25, 0.3) is 5.91 Å². The molecular weight excluding hydrogens is 240 g/mol. The number of thiophene rings is 1. The fourth-order valence-corrected chi connectivity index (χ4v) is 3.96. The van der Waals surface area contributed by atoms with Gasteiger partial charge in [0.05, 0.1) is 4.88 Å². The quantitative estimate of drug-likeness (QED) is 0.882. The maximum absolute atomic E-state index is 12.2. The SMILES string of the molecule is Cc1sc(C(=O)N(C)C2CCSC2)cc1N. The van der Waals surface area contributed by atoms with Crippen molar-refractivity contribution in [1.82, 2.24) is 4.90 Å². The summed E-state index contributed by atoms with van der Waals surface area (Å²) < 4.78 is 0. The van der Waals surface area contributed by atoms with E-state index in [4.69, 9.17) is 5.73 Å². The van der Waals surface area contributed by atoms with E-state index in [1.54, 1.807) is 6.07 Å². The van der Waals surface area contributed by atoms with E-state index in [2.05, 4.69) is 0 Å². The first-order chi connectivity index (χ1) is 7.59. The Balaban J connectivity index is 2.11. The molecule has 1 aromatic heterocycles. The lowest BCUT2D eigenvalue weighted by atomic mass is 10.2. The summed E-state index contributed by atoms with van der Waals surface area (Å²) in [6.45, 7) is 1.95. The number of rotatable bonds is 2. The fourth-order valence-electron chi connectivity index (χ4n) is 1.77. The summed E-state index contributed by atoms with van der Waals surface area (Å²) in [5, 5.41) is 0. The minimum absolute atomic E-state index is 0.109. The molecule has 0 bridgehead atoms. The van der Waals surface area contributed by atoms with Crippen LogP contribution in [0.25, 0.3) is 0 Å². The lowest BCUT2D eigenvalue weighted by Crippen LogP contribution is -2.36. The Kier molecular flexibility index (Phi) is 3.44. The molecule has 0 aliphatic carbocycles. The van der Waals surface area contributed by atoms with Gasteiger partial charge in [-0.2, -0.15) is 11.8 Å². The second kappa shape index (κ2) is 4.67. The molecule has 3 nitrogen and oxygen atoms in total. The smallest absolute Gasteiger partial charge is 0.264 e. The highest BCUT2D eigenvalue weighted by atomic mass is 32.2. The summed E-state index contributed by atoms with van der Waals surface area (Å²) >= 11 is 3.40. The second-order valence-corrected chi connectivity index (χ2v) is 6.46. The van der Waals surface area contributed by atoms with Gasteiger partial charge in [-0.05, 0) is 25.2 Å². The van der Waals surface area contributed by atoms with Crippen LogP contribution in [-0.2, 0) is 0 Å². The molecule has 2 rings (SSSR count). The Morgan fingerprint density at radius 3 is 2.88 bits per heavy atom. The fraction of sp³-hybridized carbons (Fsp3) is 0.545. The van der Waals surface area contributed by atoms with Crippen LogP contribution in [-0.4, -0.2) is 35.4 Å². The molecule has 1 unspecified atom stereocenters. The number of nitrogens with zero attached hydrogens (tertiary/aromatic N) is 1. The van der Waals surface area contributed by atoms with Crippen LogP contribution in [0.4, 0.5) is 5.69 Å². The minimum Gasteiger partial charge on any atom is -0.398 e. The van der Waals surface area contributed by atoms with E-state index in [0.29, 0.717) is 6.04 Å². The Bertz CT molecular complexity index is 377. The number of nitrogens with two attached hydrogens (primary N) is 1. The van der Waals surface area contributed by atoms with Gasteiger partial charge in [-0.3, -0.25) is 4.79 Å². The van der Waals surface area contributed by atoms with Crippen molar-refractivity contribution in [3.8, 4) is 0 Å². The lowest BCUT2D eigenvalue weighted by Gasteiger charge is -2.22. The lowest BCUT2D eigenvalue weighted by molar-refractivity contribution is 0.0753. The molecule has 1 saturated heterocycles. The van der Waals surface area contributed by atoms with E-state index in [-0.39, 0.29) is 5.91 Å². The molecule has 2 N–H and O–H groups in total. The molecule has 0 radical (unpaired) electrons. The van der Waals surface area contributed by atoms with Gasteiger partial charge in [0.2, 0.25) is 0 Å². The third-order valence-electron chi connectivity index (χ3n) is 2.94. The molecule has 1 amide bonds. The third-order valence-corrected chi connectivity index (χ3v) is 5.14. The van der Waals surface area contributed by atoms with Gasteiger partial charge in [-0.15, -0.1) is 11.3 Å². The summed E-state index contributed by atoms with van der Waals surface area (Å²) in [7, 11) is 1.89. The number of carbonyl (C=O) groups excluding carboxylic acids is 1. The van der Waals surface area contributed by atoms with Gasteiger partial charge in [0.1, 0.15) is 0 Å². The zero-order chi connectivity index (χ0) is 11.7. The molecule has 16 heavy (non-hydrogen) atoms. The van der Waals surface area contributed by atoms with Crippen LogP contribution in [0.1, 0.15) is 21.0 Å². The van der Waals surface area contributed by atoms with Crippen molar-refractivity contribution in [3.63, 3.8) is 0 Å². The first kappa shape index (κ1) is 11.8. The molecule has 88 valence electrons. The summed E-state index contributed by atoms with van der Waals surface area (Å²) in [4.78, 5) is 15.8. The van der Waals surface area contributed by atoms with E-state index >= 15 is 0 Å². The summed E-state index contributed by atoms with van der Waals surface area (Å²) in [6, 6.07) is 2.18. The van der Waals surface area contributed by atoms with Crippen molar-refractivity contribution in [2.24, 2.45) is 0 Å². The highest BCUT2D eigenvalue weighted by Gasteiger charge is 2.25. The molecule has 0 saturated carbocycles. The topological polar surface area (TPSA) is 46.3 Å². The van der Waals surface area contributed by atoms with E-state index in [1.807, 2.05) is 30.6 Å². The maximum atomic E-state index is 12.2. The summed E-state index contributed by atoms with van der Waals surface area (Å²) in [5.41, 5.74) is 6.49. The summed E-state index contributed by atoms with van der Waals surface area (Å²) in [6.07, 6.45) is 1.10. The van der Waals surface area contributed by atoms with Gasteiger partial charge in [-0.1, -0.05) is 0 Å². The van der Waals surface area contributed by atoms with Gasteiger partial charge < -0.3 is 10.6 Å². The highest BCUT2D eigenvalue weighted by Crippen LogP contribution is 2.27. The molecule has 0 spiro atoms. The molecular formula is C11H16N2OS2. The number of anilines is 1. The van der Waals surface area contributed by atoms with Crippen LogP contribution in [0.15, 0.2) is 6.07 Å². The van der Waals surface area contributed by atoms with E-state index in [1.165, 1.54) is 11.3 Å². The van der Waals surface area contributed by atoms with E-state index in [0.717, 1.165) is 33.4 Å². The monoisotopic (exact) mass is 256 g/mol. The highest BCUT2D eigenvalue weighted by molar-refractivity contribution is 7.99. The number of thioether (sulfide) groups is 1. The maximum Gasteiger partial charge on any atom is 0.264 e. The average Bonchev–Trinajstić information content (AvgIpc) is 2.87. The summed E-state index contributed by atoms with van der Waals surface area (Å²) in [5.74, 6) is 2.33. The van der Waals surface area contributed by atoms with Crippen molar-refractivity contribution in [1.29, 1.82) is 0 Å². The first-order valence-corrected chi connectivity index (χ1v) is 7.27. The largest absolute Gasteiger partial charge is 0.398 e. The van der Waals surface area contributed by atoms with Crippen LogP contribution in [0.3, 0.4) is 0 Å². The number of nitrogen functional groups attached to an aromatic ring is 1. The van der Waals surface area contributed by atoms with Crippen LogP contribution < -0.4 is 5.73 Å². The van der Waals surface area contributed by atoms with Gasteiger partial charge in [0, 0.05) is 29.4 Å². The van der Waals surface area contributed by atoms with E-state index in [9.17, 15) is 4.79 Å². The van der Waals surface area contributed by atoms with Crippen LogP contribution >= 0.6 is 23.1 Å². The molecule has 2 heterocycles. The van der Waals surface area contributed by atoms with Crippen LogP contribution in [0.5, 0.6) is 0 Å². The van der Waals surface area contributed by atoms with Crippen molar-refractivity contribution in [3.05, 3.63) is 15.8 Å². The molecule has 1 atom stereocenters. The number of amides is 1. The third kappa shape index (κ3) is 2.20. The Labute approximate surface area is 104 Å². The predicted molar refractivity (Wildman–Crippen MR) is 71.3 cm³/mol. The number of hydrogen-bond donors (Lipinski definition) is 1. The van der Waals surface area contributed by atoms with Crippen molar-refractivity contribution >= 4 is 34.7 Å². The minimum atomic E-state index is 0.109. The van der Waals surface area contributed by atoms with Crippen molar-refractivity contribution in [2.75, 3.05) is 24.3 Å². The first-order valence-electron chi connectivity index (χ1n) is 5.30. The molecule has 1 aliphatic heterocycles. The Hall–Kier alpha value is -0.680. The zero-order valence-electron chi connectivity index (χ0n) is 9.53. The van der Waals surface area contributed by atoms with Crippen LogP contribution in [0.2, 0.25) is 0 Å². The van der Waals surface area contributed by atoms with Crippen molar-refractivity contribution in [2.45, 2.75) is 19.4 Å². The number of hydrogen-bond acceptors (Lipinski definition) is 4. The average molecular weight is 256 g/mol. The van der Waals surface area contributed by atoms with Crippen molar-refractivity contribution < 1.29 is 4.79 Å². The molecule has 1 fully saturated rings. The zero-order valence-corrected chi connectivity index (χ0v) is 11.2. The Morgan fingerprint density at radius 2 is 2.38 bits per heavy atom. The number of carbonyl (C=O) groups is 1. The molecule has 1 aromatic rings. The van der Waals surface area contributed by atoms with Gasteiger partial charge in [-0.25, -0.2) is 0 Å². The standard InChI is InChI=1S/C11H16N2OS2/c1-7-9(12)5-10(16-7)11(14)13(2)8-3-4-15-6-8/h5,8H,3-4,6,12H2,1-2H3. The van der Waals surface area contributed by atoms with Crippen LogP contribution in [0, 0.1) is 6.92 Å². The van der Waals surface area contributed by atoms with Gasteiger partial charge >= 0.3 is 0 Å².